The predicted octanol–water partition coefficient (Wildman–Crippen LogP) is -1.50. The maximum Gasteiger partial charge on any atom is 0.165 e. The lowest BCUT2D eigenvalue weighted by Crippen LogP contribution is -2.33. The highest BCUT2D eigenvalue weighted by Crippen LogP contribution is 2.33. The number of nitrogens with two attached hydrogens (primary N) is 1. The largest absolute Gasteiger partial charge is 0.394 e. The van der Waals surface area contributed by atoms with Crippen LogP contribution in [0.4, 0.5) is 5.82 Å². The highest BCUT2D eigenvalue weighted by atomic mass is 16.6. The number of rotatable bonds is 4. The van der Waals surface area contributed by atoms with Gasteiger partial charge in [-0.2, -0.15) is 0 Å². The quantitative estimate of drug-likeness (QED) is 0.335. The molecule has 1 aromatic heterocycles. The molecule has 2 rings (SSSR count). The van der Waals surface area contributed by atoms with E-state index in [0.29, 0.717) is 0 Å². The molecule has 1 fully saturated rings. The number of ether oxygens (including phenoxy) is 1. The van der Waals surface area contributed by atoms with Crippen LogP contribution in [0.1, 0.15) is 18.8 Å². The van der Waals surface area contributed by atoms with E-state index in [2.05, 4.69) is 9.98 Å². The van der Waals surface area contributed by atoms with Crippen molar-refractivity contribution in [1.82, 2.24) is 9.55 Å². The van der Waals surface area contributed by atoms with Crippen LogP contribution in [0.2, 0.25) is 0 Å². The van der Waals surface area contributed by atoms with E-state index in [4.69, 9.17) is 21.0 Å². The summed E-state index contributed by atoms with van der Waals surface area (Å²) in [5.41, 5.74) is 5.57. The maximum absolute atomic E-state index is 9.98. The number of nitrogen functional groups attached to an aromatic ring is 1. The summed E-state index contributed by atoms with van der Waals surface area (Å²) in [6.07, 6.45) is -1.50. The summed E-state index contributed by atoms with van der Waals surface area (Å²) in [5.74, 6) is -0.0223. The highest BCUT2D eigenvalue weighted by molar-refractivity contribution is 5.97. The van der Waals surface area contributed by atoms with Crippen LogP contribution in [0.15, 0.2) is 11.3 Å². The third kappa shape index (κ3) is 2.31. The topological polar surface area (TPSA) is 150 Å². The van der Waals surface area contributed by atoms with E-state index >= 15 is 0 Å². The molecule has 0 spiro atoms. The van der Waals surface area contributed by atoms with Crippen molar-refractivity contribution < 1.29 is 20.1 Å². The van der Waals surface area contributed by atoms with Gasteiger partial charge in [-0.25, -0.2) is 9.98 Å². The molecule has 1 aliphatic rings. The van der Waals surface area contributed by atoms with E-state index in [-0.39, 0.29) is 17.3 Å². The second-order valence-corrected chi connectivity index (χ2v) is 4.35. The fraction of sp³-hybridized carbons (Fsp3) is 0.545. The summed E-state index contributed by atoms with van der Waals surface area (Å²) in [7, 11) is 0. The van der Waals surface area contributed by atoms with Crippen LogP contribution in [-0.4, -0.2) is 61.8 Å². The summed E-state index contributed by atoms with van der Waals surface area (Å²) < 4.78 is 6.76. The van der Waals surface area contributed by atoms with E-state index in [0.717, 1.165) is 0 Å². The van der Waals surface area contributed by atoms with E-state index < -0.39 is 31.1 Å². The first-order chi connectivity index (χ1) is 9.51. The number of imidazole rings is 1. The van der Waals surface area contributed by atoms with Crippen molar-refractivity contribution in [1.29, 1.82) is 5.41 Å². The van der Waals surface area contributed by atoms with Gasteiger partial charge in [0.2, 0.25) is 0 Å². The number of aliphatic imine (C=N–C) groups is 1. The van der Waals surface area contributed by atoms with Crippen molar-refractivity contribution in [3.63, 3.8) is 0 Å². The lowest BCUT2D eigenvalue weighted by atomic mass is 10.1. The van der Waals surface area contributed by atoms with Gasteiger partial charge in [-0.15, -0.1) is 0 Å². The van der Waals surface area contributed by atoms with Gasteiger partial charge in [-0.05, 0) is 6.92 Å². The van der Waals surface area contributed by atoms with E-state index in [1.165, 1.54) is 17.1 Å². The van der Waals surface area contributed by atoms with Crippen molar-refractivity contribution in [2.75, 3.05) is 6.61 Å². The van der Waals surface area contributed by atoms with Crippen LogP contribution in [-0.2, 0) is 4.74 Å². The third-order valence-corrected chi connectivity index (χ3v) is 3.07. The van der Waals surface area contributed by atoms with E-state index in [9.17, 15) is 10.2 Å². The third-order valence-electron chi connectivity index (χ3n) is 3.07. The lowest BCUT2D eigenvalue weighted by Gasteiger charge is -2.17. The van der Waals surface area contributed by atoms with Gasteiger partial charge in [0.1, 0.15) is 29.8 Å². The number of amidine groups is 1. The molecule has 0 bridgehead atoms. The summed E-state index contributed by atoms with van der Waals surface area (Å²) in [6, 6.07) is 0. The Bertz CT molecular complexity index is 529. The monoisotopic (exact) mass is 283 g/mol. The molecule has 9 heteroatoms. The number of aromatic nitrogens is 2. The van der Waals surface area contributed by atoms with E-state index in [1.54, 1.807) is 6.92 Å². The molecular weight excluding hydrogens is 266 g/mol. The van der Waals surface area contributed by atoms with Crippen molar-refractivity contribution >= 4 is 17.9 Å². The van der Waals surface area contributed by atoms with Gasteiger partial charge in [0.05, 0.1) is 12.9 Å². The Kier molecular flexibility index (Phi) is 4.14. The highest BCUT2D eigenvalue weighted by Gasteiger charge is 2.44. The van der Waals surface area contributed by atoms with Crippen LogP contribution in [0, 0.1) is 5.41 Å². The number of aliphatic hydroxyl groups is 3. The normalized spacial score (nSPS) is 30.2. The van der Waals surface area contributed by atoms with Crippen molar-refractivity contribution in [2.24, 2.45) is 10.7 Å². The summed E-state index contributed by atoms with van der Waals surface area (Å²) >= 11 is 0. The minimum atomic E-state index is -1.24. The Morgan fingerprint density at radius 2 is 2.30 bits per heavy atom. The first-order valence-electron chi connectivity index (χ1n) is 6.03. The number of nitrogens with zero attached hydrogens (tertiary/aromatic N) is 3. The van der Waals surface area contributed by atoms with Gasteiger partial charge >= 0.3 is 0 Å². The first-order valence-corrected chi connectivity index (χ1v) is 6.03. The fourth-order valence-electron chi connectivity index (χ4n) is 2.09. The number of hydrogen-bond acceptors (Lipinski definition) is 7. The molecule has 0 unspecified atom stereocenters. The molecule has 0 aliphatic carbocycles. The molecule has 0 radical (unpaired) electrons. The maximum atomic E-state index is 9.98. The van der Waals surface area contributed by atoms with E-state index in [1.807, 2.05) is 0 Å². The van der Waals surface area contributed by atoms with Gasteiger partial charge in [-0.3, -0.25) is 9.98 Å². The van der Waals surface area contributed by atoms with Crippen LogP contribution in [0.3, 0.4) is 0 Å². The first kappa shape index (κ1) is 14.6. The zero-order valence-electron chi connectivity index (χ0n) is 10.8. The van der Waals surface area contributed by atoms with Gasteiger partial charge in [-0.1, -0.05) is 0 Å². The number of hydrogen-bond donors (Lipinski definition) is 5. The minimum Gasteiger partial charge on any atom is -0.394 e. The van der Waals surface area contributed by atoms with Crippen molar-refractivity contribution in [2.45, 2.75) is 31.5 Å². The second-order valence-electron chi connectivity index (χ2n) is 4.35. The van der Waals surface area contributed by atoms with Gasteiger partial charge in [0, 0.05) is 6.21 Å². The molecule has 0 aromatic carbocycles. The Balaban J connectivity index is 2.41. The Morgan fingerprint density at radius 1 is 1.60 bits per heavy atom. The molecule has 110 valence electrons. The minimum absolute atomic E-state index is 0.154. The Morgan fingerprint density at radius 3 is 2.80 bits per heavy atom. The standard InChI is InChI=1S/C11H17N5O4/c1-2-14-10-6(9(12)13)15-4-16(10)11-8(19)7(18)5(3-17)20-11/h2,4-5,7-8,11,17-19H,3H2,1H3,(H3,12,13)/t5-,7-,8-,11-/m1/s1. The molecular formula is C11H17N5O4. The average Bonchev–Trinajstić information content (AvgIpc) is 2.94. The van der Waals surface area contributed by atoms with Gasteiger partial charge < -0.3 is 25.8 Å². The molecule has 0 saturated carbocycles. The molecule has 20 heavy (non-hydrogen) atoms. The smallest absolute Gasteiger partial charge is 0.165 e. The SMILES string of the molecule is CC=Nc1c(C(=N)N)ncn1[C@@H]1O[C@H](CO)[C@@H](O)[C@H]1O. The Labute approximate surface area is 114 Å². The zero-order chi connectivity index (χ0) is 14.9. The molecule has 6 N–H and O–H groups in total. The fourth-order valence-corrected chi connectivity index (χ4v) is 2.09. The molecule has 1 aromatic rings. The van der Waals surface area contributed by atoms with Crippen LogP contribution < -0.4 is 5.73 Å². The lowest BCUT2D eigenvalue weighted by molar-refractivity contribution is -0.0519. The van der Waals surface area contributed by atoms with Crippen LogP contribution >= 0.6 is 0 Å². The predicted molar refractivity (Wildman–Crippen MR) is 70.1 cm³/mol. The summed E-state index contributed by atoms with van der Waals surface area (Å²) in [5, 5.41) is 36.3. The molecule has 4 atom stereocenters. The average molecular weight is 283 g/mol. The van der Waals surface area contributed by atoms with Crippen molar-refractivity contribution in [3.8, 4) is 0 Å². The van der Waals surface area contributed by atoms with Crippen molar-refractivity contribution in [3.05, 3.63) is 12.0 Å². The van der Waals surface area contributed by atoms with Gasteiger partial charge in [0.25, 0.3) is 0 Å². The molecule has 1 aliphatic heterocycles. The van der Waals surface area contributed by atoms with Gasteiger partial charge in [0.15, 0.2) is 12.0 Å². The zero-order valence-corrected chi connectivity index (χ0v) is 10.8. The molecule has 2 heterocycles. The van der Waals surface area contributed by atoms with Crippen LogP contribution in [0.5, 0.6) is 0 Å². The number of aliphatic hydroxyl groups excluding tert-OH is 3. The molecule has 1 saturated heterocycles. The molecule has 9 nitrogen and oxygen atoms in total. The summed E-state index contributed by atoms with van der Waals surface area (Å²) in [4.78, 5) is 8.02. The Hall–Kier alpha value is -1.81. The number of nitrogens with one attached hydrogen (secondary N) is 1. The summed E-state index contributed by atoms with van der Waals surface area (Å²) in [6.45, 7) is 1.26. The second kappa shape index (κ2) is 5.67. The molecule has 0 amide bonds. The van der Waals surface area contributed by atoms with Crippen LogP contribution in [0.25, 0.3) is 0 Å².